The molecular weight excluding hydrogens is 348 g/mol. The standard InChI is InChI=1S/C17H23ClN2O5/c1-24-11-17(16(22)23)6-8-20(10-17)15(21)5-7-19-13-9-12(18)3-4-14(13)25-2/h3-4,9,19H,5-8,10-11H2,1-2H3,(H,22,23). The van der Waals surface area contributed by atoms with Crippen molar-refractivity contribution in [3.05, 3.63) is 23.2 Å². The summed E-state index contributed by atoms with van der Waals surface area (Å²) in [4.78, 5) is 25.5. The summed E-state index contributed by atoms with van der Waals surface area (Å²) in [7, 11) is 3.03. The van der Waals surface area contributed by atoms with Crippen molar-refractivity contribution in [2.45, 2.75) is 12.8 Å². The first kappa shape index (κ1) is 19.3. The van der Waals surface area contributed by atoms with E-state index in [1.54, 1.807) is 30.2 Å². The van der Waals surface area contributed by atoms with Gasteiger partial charge in [0.2, 0.25) is 5.91 Å². The van der Waals surface area contributed by atoms with Gasteiger partial charge in [0.15, 0.2) is 0 Å². The van der Waals surface area contributed by atoms with Crippen molar-refractivity contribution in [3.63, 3.8) is 0 Å². The van der Waals surface area contributed by atoms with E-state index in [1.807, 2.05) is 0 Å². The third-order valence-corrected chi connectivity index (χ3v) is 4.63. The van der Waals surface area contributed by atoms with Crippen LogP contribution in [0.15, 0.2) is 18.2 Å². The summed E-state index contributed by atoms with van der Waals surface area (Å²) in [5, 5.41) is 13.1. The van der Waals surface area contributed by atoms with Gasteiger partial charge in [-0.15, -0.1) is 0 Å². The number of hydrogen-bond donors (Lipinski definition) is 2. The Bertz CT molecular complexity index is 639. The van der Waals surface area contributed by atoms with Gasteiger partial charge in [-0.1, -0.05) is 11.6 Å². The van der Waals surface area contributed by atoms with Gasteiger partial charge in [-0.05, 0) is 24.6 Å². The number of carbonyl (C=O) groups excluding carboxylic acids is 1. The van der Waals surface area contributed by atoms with E-state index >= 15 is 0 Å². The van der Waals surface area contributed by atoms with E-state index in [4.69, 9.17) is 21.1 Å². The quantitative estimate of drug-likeness (QED) is 0.728. The third-order valence-electron chi connectivity index (χ3n) is 4.40. The molecule has 1 atom stereocenters. The van der Waals surface area contributed by atoms with E-state index in [2.05, 4.69) is 5.32 Å². The number of aliphatic carboxylic acids is 1. The number of nitrogens with one attached hydrogen (secondary N) is 1. The molecule has 0 aromatic heterocycles. The van der Waals surface area contributed by atoms with Crippen LogP contribution in [-0.2, 0) is 14.3 Å². The Hall–Kier alpha value is -1.99. The minimum atomic E-state index is -1.01. The van der Waals surface area contributed by atoms with Crippen LogP contribution in [0.2, 0.25) is 5.02 Å². The topological polar surface area (TPSA) is 88.1 Å². The van der Waals surface area contributed by atoms with Crippen molar-refractivity contribution >= 4 is 29.2 Å². The van der Waals surface area contributed by atoms with Crippen LogP contribution in [0.3, 0.4) is 0 Å². The van der Waals surface area contributed by atoms with Crippen molar-refractivity contribution in [1.82, 2.24) is 4.90 Å². The molecule has 1 aliphatic rings. The smallest absolute Gasteiger partial charge is 0.313 e. The van der Waals surface area contributed by atoms with Crippen molar-refractivity contribution in [1.29, 1.82) is 0 Å². The Kier molecular flexibility index (Phi) is 6.50. The van der Waals surface area contributed by atoms with E-state index in [-0.39, 0.29) is 25.5 Å². The van der Waals surface area contributed by atoms with Crippen molar-refractivity contribution in [3.8, 4) is 5.75 Å². The van der Waals surface area contributed by atoms with Gasteiger partial charge < -0.3 is 24.8 Å². The number of carboxylic acid groups (broad SMARTS) is 1. The van der Waals surface area contributed by atoms with E-state index in [1.165, 1.54) is 7.11 Å². The lowest BCUT2D eigenvalue weighted by molar-refractivity contribution is -0.151. The number of ether oxygens (including phenoxy) is 2. The zero-order chi connectivity index (χ0) is 18.4. The highest BCUT2D eigenvalue weighted by atomic mass is 35.5. The third kappa shape index (κ3) is 4.55. The number of carbonyl (C=O) groups is 2. The summed E-state index contributed by atoms with van der Waals surface area (Å²) in [6, 6.07) is 5.20. The maximum Gasteiger partial charge on any atom is 0.313 e. The SMILES string of the molecule is COCC1(C(=O)O)CCN(C(=O)CCNc2cc(Cl)ccc2OC)C1. The van der Waals surface area contributed by atoms with Gasteiger partial charge in [0.25, 0.3) is 0 Å². The van der Waals surface area contributed by atoms with Crippen LogP contribution in [-0.4, -0.2) is 62.3 Å². The first-order valence-corrected chi connectivity index (χ1v) is 8.37. The number of methoxy groups -OCH3 is 2. The van der Waals surface area contributed by atoms with Gasteiger partial charge >= 0.3 is 5.97 Å². The molecule has 1 unspecified atom stereocenters. The largest absolute Gasteiger partial charge is 0.495 e. The van der Waals surface area contributed by atoms with Crippen molar-refractivity contribution < 1.29 is 24.2 Å². The number of likely N-dealkylation sites (tertiary alicyclic amines) is 1. The lowest BCUT2D eigenvalue weighted by Gasteiger charge is -2.24. The Balaban J connectivity index is 1.89. The zero-order valence-electron chi connectivity index (χ0n) is 14.4. The van der Waals surface area contributed by atoms with Crippen LogP contribution in [0.25, 0.3) is 0 Å². The lowest BCUT2D eigenvalue weighted by Crippen LogP contribution is -2.40. The highest BCUT2D eigenvalue weighted by molar-refractivity contribution is 6.30. The minimum Gasteiger partial charge on any atom is -0.495 e. The second-order valence-electron chi connectivity index (χ2n) is 6.11. The van der Waals surface area contributed by atoms with Crippen LogP contribution in [0.1, 0.15) is 12.8 Å². The molecule has 0 saturated carbocycles. The number of halogens is 1. The second-order valence-corrected chi connectivity index (χ2v) is 6.54. The zero-order valence-corrected chi connectivity index (χ0v) is 15.1. The molecule has 1 aromatic rings. The molecule has 1 fully saturated rings. The molecule has 0 spiro atoms. The number of amides is 1. The first-order valence-electron chi connectivity index (χ1n) is 7.99. The molecule has 1 saturated heterocycles. The Morgan fingerprint density at radius 2 is 2.16 bits per heavy atom. The summed E-state index contributed by atoms with van der Waals surface area (Å²) in [5.74, 6) is -0.373. The Morgan fingerprint density at radius 1 is 1.40 bits per heavy atom. The summed E-state index contributed by atoms with van der Waals surface area (Å²) < 4.78 is 10.3. The second kappa shape index (κ2) is 8.40. The van der Waals surface area contributed by atoms with Gasteiger partial charge in [0.1, 0.15) is 11.2 Å². The predicted octanol–water partition coefficient (Wildman–Crippen LogP) is 2.10. The van der Waals surface area contributed by atoms with E-state index < -0.39 is 11.4 Å². The summed E-state index contributed by atoms with van der Waals surface area (Å²) >= 11 is 5.97. The average molecular weight is 371 g/mol. The molecule has 1 aliphatic heterocycles. The van der Waals surface area contributed by atoms with Crippen LogP contribution >= 0.6 is 11.6 Å². The summed E-state index contributed by atoms with van der Waals surface area (Å²) in [5.41, 5.74) is -0.294. The van der Waals surface area contributed by atoms with Gasteiger partial charge in [0, 0.05) is 38.2 Å². The molecule has 7 nitrogen and oxygen atoms in total. The fourth-order valence-corrected chi connectivity index (χ4v) is 3.17. The van der Waals surface area contributed by atoms with Crippen LogP contribution in [0.5, 0.6) is 5.75 Å². The van der Waals surface area contributed by atoms with E-state index in [0.29, 0.717) is 36.0 Å². The van der Waals surface area contributed by atoms with Crippen molar-refractivity contribution in [2.24, 2.45) is 5.41 Å². The molecule has 0 bridgehead atoms. The number of carboxylic acids is 1. The average Bonchev–Trinajstić information content (AvgIpc) is 3.01. The Labute approximate surface area is 151 Å². The molecule has 0 aliphatic carbocycles. The number of rotatable bonds is 8. The Morgan fingerprint density at radius 3 is 2.80 bits per heavy atom. The van der Waals surface area contributed by atoms with Crippen LogP contribution in [0, 0.1) is 5.41 Å². The lowest BCUT2D eigenvalue weighted by atomic mass is 9.88. The van der Waals surface area contributed by atoms with Crippen LogP contribution in [0.4, 0.5) is 5.69 Å². The molecule has 138 valence electrons. The number of anilines is 1. The molecule has 25 heavy (non-hydrogen) atoms. The molecule has 0 radical (unpaired) electrons. The van der Waals surface area contributed by atoms with Gasteiger partial charge in [-0.25, -0.2) is 0 Å². The van der Waals surface area contributed by atoms with Crippen LogP contribution < -0.4 is 10.1 Å². The predicted molar refractivity (Wildman–Crippen MR) is 94.3 cm³/mol. The maximum atomic E-state index is 12.4. The number of nitrogens with zero attached hydrogens (tertiary/aromatic N) is 1. The highest BCUT2D eigenvalue weighted by Crippen LogP contribution is 2.32. The van der Waals surface area contributed by atoms with Crippen molar-refractivity contribution in [2.75, 3.05) is 45.8 Å². The summed E-state index contributed by atoms with van der Waals surface area (Å²) in [6.45, 7) is 1.10. The molecular formula is C17H23ClN2O5. The molecule has 1 aromatic carbocycles. The van der Waals surface area contributed by atoms with E-state index in [9.17, 15) is 14.7 Å². The molecule has 2 N–H and O–H groups in total. The minimum absolute atomic E-state index is 0.0901. The normalized spacial score (nSPS) is 19.7. The van der Waals surface area contributed by atoms with Gasteiger partial charge in [-0.3, -0.25) is 9.59 Å². The molecule has 8 heteroatoms. The van der Waals surface area contributed by atoms with Gasteiger partial charge in [0.05, 0.1) is 19.4 Å². The fourth-order valence-electron chi connectivity index (χ4n) is 3.00. The summed E-state index contributed by atoms with van der Waals surface area (Å²) in [6.07, 6.45) is 0.649. The van der Waals surface area contributed by atoms with E-state index in [0.717, 1.165) is 0 Å². The number of hydrogen-bond acceptors (Lipinski definition) is 5. The fraction of sp³-hybridized carbons (Fsp3) is 0.529. The molecule has 1 amide bonds. The first-order chi connectivity index (χ1) is 11.9. The monoisotopic (exact) mass is 370 g/mol. The maximum absolute atomic E-state index is 12.4. The molecule has 2 rings (SSSR count). The molecule has 1 heterocycles. The van der Waals surface area contributed by atoms with Gasteiger partial charge in [-0.2, -0.15) is 0 Å². The highest BCUT2D eigenvalue weighted by Gasteiger charge is 2.46. The number of benzene rings is 1.